The molecule has 0 saturated heterocycles. The van der Waals surface area contributed by atoms with Crippen molar-refractivity contribution in [2.24, 2.45) is 0 Å². The van der Waals surface area contributed by atoms with Crippen LogP contribution in [0.25, 0.3) is 44.2 Å². The number of ether oxygens (including phenoxy) is 1. The molecule has 0 radical (unpaired) electrons. The van der Waals surface area contributed by atoms with Crippen LogP contribution >= 0.6 is 0 Å². The fourth-order valence-corrected chi connectivity index (χ4v) is 4.78. The Bertz CT molecular complexity index is 2100. The maximum atomic E-state index is 13.6. The fourth-order valence-electron chi connectivity index (χ4n) is 4.78. The van der Waals surface area contributed by atoms with Crippen molar-refractivity contribution in [2.75, 3.05) is 7.11 Å². The van der Waals surface area contributed by atoms with Crippen molar-refractivity contribution in [1.82, 2.24) is 0 Å². The molecule has 0 saturated carbocycles. The van der Waals surface area contributed by atoms with E-state index in [2.05, 4.69) is 4.74 Å². The second-order valence-electron chi connectivity index (χ2n) is 8.92. The van der Waals surface area contributed by atoms with E-state index in [1.165, 1.54) is 19.9 Å². The van der Waals surface area contributed by atoms with Crippen molar-refractivity contribution in [1.29, 1.82) is 0 Å². The van der Waals surface area contributed by atoms with Crippen LogP contribution in [0.1, 0.15) is 43.6 Å². The molecule has 0 bridgehead atoms. The largest absolute Gasteiger partial charge is 0.508 e. The van der Waals surface area contributed by atoms with Gasteiger partial charge in [0.2, 0.25) is 5.43 Å². The highest BCUT2D eigenvalue weighted by atomic mass is 16.5. The Hall–Kier alpha value is -5.65. The molecule has 40 heavy (non-hydrogen) atoms. The summed E-state index contributed by atoms with van der Waals surface area (Å²) in [5, 5.41) is 38.9. The van der Waals surface area contributed by atoms with Gasteiger partial charge in [0.15, 0.2) is 22.7 Å². The molecule has 5 aromatic rings. The van der Waals surface area contributed by atoms with Crippen molar-refractivity contribution in [3.8, 4) is 28.6 Å². The van der Waals surface area contributed by atoms with E-state index in [9.17, 15) is 44.4 Å². The number of carbonyl (C=O) groups excluding carboxylic acids is 2. The standard InChI is InChI=1S/C28H18O12/c1-9-12(17-7-15(31)21-13(28(37)38-3)4-11(30)5-18(21)39-17)6-14-24(33)22-19(40-26(14)20(9)10(2)29)8-16(32)25(34)23(22)27(35)36/h4-8,30,32,34H,1-3H3,(H,35,36). The van der Waals surface area contributed by atoms with Crippen molar-refractivity contribution in [2.45, 2.75) is 13.8 Å². The van der Waals surface area contributed by atoms with Crippen LogP contribution in [0, 0.1) is 6.92 Å². The number of fused-ring (bicyclic) bond motifs is 3. The topological polar surface area (TPSA) is 202 Å². The highest BCUT2D eigenvalue weighted by molar-refractivity contribution is 6.13. The first-order valence-electron chi connectivity index (χ1n) is 11.5. The molecule has 4 N–H and O–H groups in total. The molecule has 0 aliphatic rings. The minimum absolute atomic E-state index is 0.0752. The Balaban J connectivity index is 1.94. The van der Waals surface area contributed by atoms with E-state index in [4.69, 9.17) is 8.83 Å². The molecule has 0 aliphatic carbocycles. The third-order valence-corrected chi connectivity index (χ3v) is 6.52. The monoisotopic (exact) mass is 546 g/mol. The maximum Gasteiger partial charge on any atom is 0.340 e. The van der Waals surface area contributed by atoms with E-state index in [0.717, 1.165) is 31.4 Å². The highest BCUT2D eigenvalue weighted by Crippen LogP contribution is 2.39. The number of benzene rings is 3. The van der Waals surface area contributed by atoms with Gasteiger partial charge in [0.05, 0.1) is 34.4 Å². The summed E-state index contributed by atoms with van der Waals surface area (Å²) in [5.41, 5.74) is -3.37. The number of carboxylic acids is 1. The number of esters is 1. The van der Waals surface area contributed by atoms with Crippen molar-refractivity contribution in [3.63, 3.8) is 0 Å². The van der Waals surface area contributed by atoms with Crippen molar-refractivity contribution in [3.05, 3.63) is 73.0 Å². The average Bonchev–Trinajstić information content (AvgIpc) is 2.87. The van der Waals surface area contributed by atoms with Gasteiger partial charge < -0.3 is 34.0 Å². The maximum absolute atomic E-state index is 13.6. The van der Waals surface area contributed by atoms with E-state index >= 15 is 0 Å². The number of hydrogen-bond acceptors (Lipinski definition) is 11. The Kier molecular flexibility index (Phi) is 5.83. The third kappa shape index (κ3) is 3.73. The van der Waals surface area contributed by atoms with E-state index in [1.807, 2.05) is 0 Å². The molecule has 202 valence electrons. The first-order valence-corrected chi connectivity index (χ1v) is 11.5. The smallest absolute Gasteiger partial charge is 0.340 e. The van der Waals surface area contributed by atoms with E-state index in [1.54, 1.807) is 0 Å². The molecule has 2 aromatic heterocycles. The number of carboxylic acid groups (broad SMARTS) is 1. The fraction of sp³-hybridized carbons (Fsp3) is 0.107. The first-order chi connectivity index (χ1) is 18.8. The Morgan fingerprint density at radius 2 is 1.55 bits per heavy atom. The normalized spacial score (nSPS) is 11.3. The number of carbonyl (C=O) groups is 3. The molecule has 0 spiro atoms. The first kappa shape index (κ1) is 26.0. The predicted octanol–water partition coefficient (Wildman–Crippen LogP) is 3.83. The van der Waals surface area contributed by atoms with Crippen LogP contribution in [-0.4, -0.2) is 45.3 Å². The van der Waals surface area contributed by atoms with Gasteiger partial charge >= 0.3 is 11.9 Å². The summed E-state index contributed by atoms with van der Waals surface area (Å²) in [5.74, 6) is -5.61. The summed E-state index contributed by atoms with van der Waals surface area (Å²) in [6.07, 6.45) is 0. The number of ketones is 1. The van der Waals surface area contributed by atoms with E-state index in [-0.39, 0.29) is 55.5 Å². The number of rotatable bonds is 4. The molecule has 0 amide bonds. The lowest BCUT2D eigenvalue weighted by Crippen LogP contribution is -2.12. The van der Waals surface area contributed by atoms with Gasteiger partial charge in [0.1, 0.15) is 33.8 Å². The second-order valence-corrected chi connectivity index (χ2v) is 8.92. The van der Waals surface area contributed by atoms with Gasteiger partial charge in [-0.15, -0.1) is 0 Å². The Morgan fingerprint density at radius 1 is 0.875 bits per heavy atom. The number of Topliss-reactive ketones (excluding diaryl/α,β-unsaturated/α-hetero) is 1. The summed E-state index contributed by atoms with van der Waals surface area (Å²) in [6, 6.07) is 5.26. The number of aromatic carboxylic acids is 1. The van der Waals surface area contributed by atoms with Gasteiger partial charge in [-0.3, -0.25) is 14.4 Å². The van der Waals surface area contributed by atoms with Crippen LogP contribution in [0.4, 0.5) is 0 Å². The minimum Gasteiger partial charge on any atom is -0.508 e. The Morgan fingerprint density at radius 3 is 2.17 bits per heavy atom. The van der Waals surface area contributed by atoms with Gasteiger partial charge in [-0.2, -0.15) is 0 Å². The molecule has 3 aromatic carbocycles. The zero-order valence-corrected chi connectivity index (χ0v) is 20.9. The van der Waals surface area contributed by atoms with Gasteiger partial charge in [-0.1, -0.05) is 0 Å². The molecule has 12 nitrogen and oxygen atoms in total. The molecule has 0 fully saturated rings. The lowest BCUT2D eigenvalue weighted by molar-refractivity contribution is 0.0601. The van der Waals surface area contributed by atoms with Crippen LogP contribution in [0.15, 0.2) is 48.8 Å². The molecule has 2 heterocycles. The summed E-state index contributed by atoms with van der Waals surface area (Å²) in [7, 11) is 1.10. The number of aromatic hydroxyl groups is 3. The molecular formula is C28H18O12. The van der Waals surface area contributed by atoms with Crippen LogP contribution in [0.5, 0.6) is 17.2 Å². The lowest BCUT2D eigenvalue weighted by Gasteiger charge is -2.14. The van der Waals surface area contributed by atoms with E-state index < -0.39 is 56.8 Å². The predicted molar refractivity (Wildman–Crippen MR) is 140 cm³/mol. The number of phenolic OH excluding ortho intramolecular Hbond substituents is 2. The van der Waals surface area contributed by atoms with Crippen LogP contribution in [0.2, 0.25) is 0 Å². The lowest BCUT2D eigenvalue weighted by atomic mass is 9.93. The SMILES string of the molecule is COC(=O)c1cc(O)cc2oc(-c3cc4c(=O)c5c(C(=O)O)c(O)c(O)cc5oc4c(C(C)=O)c3C)cc(=O)c12. The molecule has 0 atom stereocenters. The zero-order valence-electron chi connectivity index (χ0n) is 20.9. The molecule has 0 aliphatic heterocycles. The van der Waals surface area contributed by atoms with E-state index in [0.29, 0.717) is 0 Å². The summed E-state index contributed by atoms with van der Waals surface area (Å²) < 4.78 is 16.3. The second kappa shape index (κ2) is 8.98. The zero-order chi connectivity index (χ0) is 29.2. The van der Waals surface area contributed by atoms with Gasteiger partial charge in [-0.25, -0.2) is 9.59 Å². The summed E-state index contributed by atoms with van der Waals surface area (Å²) in [6.45, 7) is 2.70. The quantitative estimate of drug-likeness (QED) is 0.110. The number of phenols is 3. The Labute approximate surface area is 221 Å². The minimum atomic E-state index is -1.72. The van der Waals surface area contributed by atoms with Crippen LogP contribution in [0.3, 0.4) is 0 Å². The van der Waals surface area contributed by atoms with Crippen LogP contribution in [-0.2, 0) is 4.74 Å². The summed E-state index contributed by atoms with van der Waals surface area (Å²) >= 11 is 0. The van der Waals surface area contributed by atoms with Crippen molar-refractivity contribution < 1.29 is 48.4 Å². The van der Waals surface area contributed by atoms with Gasteiger partial charge in [0.25, 0.3) is 0 Å². The number of methoxy groups -OCH3 is 1. The molecule has 5 rings (SSSR count). The van der Waals surface area contributed by atoms with Crippen LogP contribution < -0.4 is 10.9 Å². The highest BCUT2D eigenvalue weighted by Gasteiger charge is 2.27. The molecule has 0 unspecified atom stereocenters. The molecule has 12 heteroatoms. The van der Waals surface area contributed by atoms with Crippen molar-refractivity contribution >= 4 is 50.6 Å². The summed E-state index contributed by atoms with van der Waals surface area (Å²) in [4.78, 5) is 63.6. The third-order valence-electron chi connectivity index (χ3n) is 6.52. The number of hydrogen-bond donors (Lipinski definition) is 4. The van der Waals surface area contributed by atoms with Gasteiger partial charge in [-0.05, 0) is 31.5 Å². The average molecular weight is 546 g/mol. The van der Waals surface area contributed by atoms with Gasteiger partial charge in [0, 0.05) is 23.8 Å². The molecular weight excluding hydrogens is 528 g/mol.